The average Bonchev–Trinajstić information content (AvgIpc) is 3.30. The van der Waals surface area contributed by atoms with Crippen molar-refractivity contribution in [3.8, 4) is 23.0 Å². The van der Waals surface area contributed by atoms with Crippen LogP contribution in [-0.4, -0.2) is 31.6 Å². The van der Waals surface area contributed by atoms with Crippen molar-refractivity contribution in [3.63, 3.8) is 0 Å². The summed E-state index contributed by atoms with van der Waals surface area (Å²) >= 11 is 0. The van der Waals surface area contributed by atoms with Gasteiger partial charge in [-0.15, -0.1) is 0 Å². The van der Waals surface area contributed by atoms with Crippen LogP contribution in [0.2, 0.25) is 0 Å². The fourth-order valence-corrected chi connectivity index (χ4v) is 5.86. The maximum Gasteiger partial charge on any atom is 0.231 e. The van der Waals surface area contributed by atoms with E-state index in [0.29, 0.717) is 6.79 Å². The van der Waals surface area contributed by atoms with Gasteiger partial charge in [0.05, 0.1) is 6.10 Å². The number of fused-ring (bicyclic) bond motifs is 3. The van der Waals surface area contributed by atoms with Gasteiger partial charge in [-0.25, -0.2) is 0 Å². The first-order valence-electron chi connectivity index (χ1n) is 9.39. The van der Waals surface area contributed by atoms with Crippen molar-refractivity contribution in [2.24, 2.45) is 0 Å². The number of likely N-dealkylation sites (N-methyl/N-ethyl adjacent to an activating group) is 1. The second-order valence-electron chi connectivity index (χ2n) is 8.20. The van der Waals surface area contributed by atoms with Gasteiger partial charge in [0, 0.05) is 23.4 Å². The largest absolute Gasteiger partial charge is 0.454 e. The van der Waals surface area contributed by atoms with Gasteiger partial charge in [-0.1, -0.05) is 13.0 Å². The van der Waals surface area contributed by atoms with Crippen molar-refractivity contribution in [2.45, 2.75) is 37.1 Å². The van der Waals surface area contributed by atoms with Crippen molar-refractivity contribution in [2.75, 3.05) is 20.6 Å². The van der Waals surface area contributed by atoms with Gasteiger partial charge in [0.1, 0.15) is 6.23 Å². The summed E-state index contributed by atoms with van der Waals surface area (Å²) in [5, 5.41) is 0. The molecule has 138 valence electrons. The smallest absolute Gasteiger partial charge is 0.231 e. The highest BCUT2D eigenvalue weighted by atomic mass is 16.7. The Morgan fingerprint density at radius 3 is 2.67 bits per heavy atom. The number of benzene rings is 2. The topological polar surface area (TPSA) is 49.4 Å². The van der Waals surface area contributed by atoms with E-state index in [1.54, 1.807) is 0 Å². The summed E-state index contributed by atoms with van der Waals surface area (Å²) in [6, 6.07) is 8.78. The highest BCUT2D eigenvalue weighted by Crippen LogP contribution is 2.64. The predicted molar refractivity (Wildman–Crippen MR) is 94.3 cm³/mol. The minimum atomic E-state index is -0.166. The Labute approximate surface area is 156 Å². The van der Waals surface area contributed by atoms with Crippen molar-refractivity contribution >= 4 is 0 Å². The Kier molecular flexibility index (Phi) is 2.44. The molecule has 1 saturated heterocycles. The molecule has 1 aliphatic carbocycles. The summed E-state index contributed by atoms with van der Waals surface area (Å²) in [5.41, 5.74) is 4.89. The van der Waals surface area contributed by atoms with Crippen LogP contribution in [0.15, 0.2) is 24.3 Å². The fraction of sp³-hybridized carbons (Fsp3) is 0.429. The number of nitrogens with zero attached hydrogens (tertiary/aromatic N) is 1. The molecular weight excluding hydrogens is 346 g/mol. The van der Waals surface area contributed by atoms with E-state index in [9.17, 15) is 0 Å². The van der Waals surface area contributed by atoms with Crippen LogP contribution in [0.1, 0.15) is 41.4 Å². The molecule has 6 heteroatoms. The molecule has 0 radical (unpaired) electrons. The zero-order valence-electron chi connectivity index (χ0n) is 15.2. The number of rotatable bonds is 0. The standard InChI is InChI=1S/C21H19NO5/c1-21-12-3-4-13-18(26-9-23-13)17(12)20-22(2)19(21)11-7-15-14(24-8-25-15)5-10(11)6-16(21)27-20/h3-5,7,16,19-20H,6,8-9H2,1-2H3/t16-,19+,20+,21-/m1/s1. The Balaban J connectivity index is 1.49. The Morgan fingerprint density at radius 1 is 1.00 bits per heavy atom. The lowest BCUT2D eigenvalue weighted by Crippen LogP contribution is -2.63. The molecule has 5 aliphatic heterocycles. The third kappa shape index (κ3) is 1.53. The minimum absolute atomic E-state index is 0.115. The molecule has 4 atom stereocenters. The lowest BCUT2D eigenvalue weighted by Gasteiger charge is -2.62. The van der Waals surface area contributed by atoms with E-state index in [1.165, 1.54) is 16.7 Å². The lowest BCUT2D eigenvalue weighted by atomic mass is 9.58. The molecule has 6 aliphatic rings. The van der Waals surface area contributed by atoms with Gasteiger partial charge in [-0.05, 0) is 41.9 Å². The molecule has 2 aromatic rings. The van der Waals surface area contributed by atoms with Crippen LogP contribution in [0.5, 0.6) is 23.0 Å². The molecule has 6 nitrogen and oxygen atoms in total. The van der Waals surface area contributed by atoms with Crippen molar-refractivity contribution in [1.29, 1.82) is 0 Å². The van der Waals surface area contributed by atoms with Gasteiger partial charge in [-0.3, -0.25) is 4.90 Å². The third-order valence-corrected chi connectivity index (χ3v) is 7.05. The first-order valence-corrected chi connectivity index (χ1v) is 9.39. The van der Waals surface area contributed by atoms with Crippen LogP contribution < -0.4 is 18.9 Å². The average molecular weight is 365 g/mol. The van der Waals surface area contributed by atoms with E-state index in [-0.39, 0.29) is 30.6 Å². The molecule has 0 unspecified atom stereocenters. The highest BCUT2D eigenvalue weighted by Gasteiger charge is 2.62. The number of ether oxygens (including phenoxy) is 5. The summed E-state index contributed by atoms with van der Waals surface area (Å²) in [7, 11) is 2.14. The van der Waals surface area contributed by atoms with E-state index in [0.717, 1.165) is 35.0 Å². The molecule has 0 N–H and O–H groups in total. The van der Waals surface area contributed by atoms with Crippen LogP contribution in [0.3, 0.4) is 0 Å². The second-order valence-corrected chi connectivity index (χ2v) is 8.20. The molecule has 27 heavy (non-hydrogen) atoms. The molecule has 2 aromatic carbocycles. The highest BCUT2D eigenvalue weighted by molar-refractivity contribution is 5.61. The SMILES string of the molecule is CN1[C@H]2c3cc4c(cc3C[C@H]3O[C@H]1c1c(ccc5c1OCO5)[C@@]23C)OCO4. The van der Waals surface area contributed by atoms with Crippen LogP contribution >= 0.6 is 0 Å². The second kappa shape index (κ2) is 4.51. The Morgan fingerprint density at radius 2 is 1.78 bits per heavy atom. The molecule has 1 fully saturated rings. The predicted octanol–water partition coefficient (Wildman–Crippen LogP) is 3.04. The monoisotopic (exact) mass is 365 g/mol. The number of hydrogen-bond acceptors (Lipinski definition) is 6. The lowest BCUT2D eigenvalue weighted by molar-refractivity contribution is -0.220. The molecule has 0 saturated carbocycles. The summed E-state index contributed by atoms with van der Waals surface area (Å²) in [6.07, 6.45) is 0.855. The summed E-state index contributed by atoms with van der Waals surface area (Å²) in [5.74, 6) is 3.35. The molecule has 8 rings (SSSR count). The van der Waals surface area contributed by atoms with Gasteiger partial charge in [-0.2, -0.15) is 0 Å². The minimum Gasteiger partial charge on any atom is -0.454 e. The van der Waals surface area contributed by atoms with E-state index in [1.807, 2.05) is 6.07 Å². The first-order chi connectivity index (χ1) is 13.2. The van der Waals surface area contributed by atoms with Gasteiger partial charge in [0.2, 0.25) is 13.6 Å². The normalized spacial score (nSPS) is 33.8. The van der Waals surface area contributed by atoms with Crippen molar-refractivity contribution in [1.82, 2.24) is 4.90 Å². The Hall–Kier alpha value is -2.44. The zero-order valence-corrected chi connectivity index (χ0v) is 15.2. The number of hydrogen-bond donors (Lipinski definition) is 0. The maximum absolute atomic E-state index is 6.62. The van der Waals surface area contributed by atoms with E-state index in [4.69, 9.17) is 23.7 Å². The van der Waals surface area contributed by atoms with Gasteiger partial charge < -0.3 is 23.7 Å². The van der Waals surface area contributed by atoms with Crippen LogP contribution in [0.25, 0.3) is 0 Å². The van der Waals surface area contributed by atoms with E-state index < -0.39 is 0 Å². The van der Waals surface area contributed by atoms with Crippen molar-refractivity contribution < 1.29 is 23.7 Å². The molecule has 4 bridgehead atoms. The van der Waals surface area contributed by atoms with Gasteiger partial charge >= 0.3 is 0 Å². The maximum atomic E-state index is 6.62. The van der Waals surface area contributed by atoms with Gasteiger partial charge in [0.15, 0.2) is 23.0 Å². The third-order valence-electron chi connectivity index (χ3n) is 7.05. The van der Waals surface area contributed by atoms with E-state index in [2.05, 4.69) is 37.1 Å². The fourth-order valence-electron chi connectivity index (χ4n) is 5.86. The quantitative estimate of drug-likeness (QED) is 0.715. The molecule has 0 spiro atoms. The summed E-state index contributed by atoms with van der Waals surface area (Å²) in [4.78, 5) is 2.33. The van der Waals surface area contributed by atoms with Crippen molar-refractivity contribution in [3.05, 3.63) is 46.5 Å². The van der Waals surface area contributed by atoms with Gasteiger partial charge in [0.25, 0.3) is 0 Å². The van der Waals surface area contributed by atoms with Crippen LogP contribution in [-0.2, 0) is 16.6 Å². The zero-order chi connectivity index (χ0) is 17.9. The molecular formula is C21H19NO5. The molecule has 0 aromatic heterocycles. The van der Waals surface area contributed by atoms with Crippen LogP contribution in [0, 0.1) is 0 Å². The first kappa shape index (κ1) is 14.6. The van der Waals surface area contributed by atoms with E-state index >= 15 is 0 Å². The molecule has 5 heterocycles. The summed E-state index contributed by atoms with van der Waals surface area (Å²) < 4.78 is 29.3. The Bertz CT molecular complexity index is 1020. The summed E-state index contributed by atoms with van der Waals surface area (Å²) in [6.45, 7) is 2.89. The molecule has 0 amide bonds. The van der Waals surface area contributed by atoms with Crippen LogP contribution in [0.4, 0.5) is 0 Å².